The van der Waals surface area contributed by atoms with Gasteiger partial charge in [-0.25, -0.2) is 9.78 Å². The molecule has 2 aliphatic heterocycles. The Hall–Kier alpha value is -2.41. The van der Waals surface area contributed by atoms with E-state index in [-0.39, 0.29) is 23.8 Å². The molecule has 4 rings (SSSR count). The number of fused-ring (bicyclic) bond motifs is 1. The molecule has 0 radical (unpaired) electrons. The van der Waals surface area contributed by atoms with Crippen molar-refractivity contribution in [3.8, 4) is 10.4 Å². The van der Waals surface area contributed by atoms with Crippen molar-refractivity contribution in [1.29, 1.82) is 0 Å². The minimum Gasteiger partial charge on any atom is -0.443 e. The number of nitrogens with zero attached hydrogens (tertiary/aromatic N) is 3. The number of ether oxygens (including phenoxy) is 1. The Morgan fingerprint density at radius 3 is 2.70 bits per heavy atom. The van der Waals surface area contributed by atoms with Gasteiger partial charge in [-0.15, -0.1) is 0 Å². The number of benzene rings is 1. The summed E-state index contributed by atoms with van der Waals surface area (Å²) in [7, 11) is 0. The van der Waals surface area contributed by atoms with Gasteiger partial charge in [-0.2, -0.15) is 0 Å². The summed E-state index contributed by atoms with van der Waals surface area (Å²) in [4.78, 5) is 34.7. The van der Waals surface area contributed by atoms with E-state index in [1.807, 2.05) is 50.4 Å². The standard InChI is InChI=1S/C23H29N3O3S/c1-4-5-11-23(2,3)29-22(28)25-13-17-14-26(20(27)18(17)15-25)21-24-12-19(30-21)16-9-7-6-8-10-16/h6-10,12,17-18H,4-5,11,13-15H2,1-3H3/t17-,18-/m0/s1. The van der Waals surface area contributed by atoms with E-state index in [2.05, 4.69) is 11.9 Å². The van der Waals surface area contributed by atoms with Crippen LogP contribution in [0.2, 0.25) is 0 Å². The average molecular weight is 428 g/mol. The lowest BCUT2D eigenvalue weighted by molar-refractivity contribution is -0.120. The number of anilines is 1. The van der Waals surface area contributed by atoms with Crippen molar-refractivity contribution in [3.05, 3.63) is 36.5 Å². The van der Waals surface area contributed by atoms with Crippen LogP contribution < -0.4 is 4.90 Å². The van der Waals surface area contributed by atoms with Crippen LogP contribution in [0.4, 0.5) is 9.93 Å². The fourth-order valence-electron chi connectivity index (χ4n) is 4.26. The van der Waals surface area contributed by atoms with Gasteiger partial charge in [-0.3, -0.25) is 9.69 Å². The quantitative estimate of drug-likeness (QED) is 0.664. The van der Waals surface area contributed by atoms with E-state index >= 15 is 0 Å². The van der Waals surface area contributed by atoms with Crippen molar-refractivity contribution in [2.45, 2.75) is 45.6 Å². The number of aromatic nitrogens is 1. The van der Waals surface area contributed by atoms with Crippen LogP contribution in [0, 0.1) is 11.8 Å². The molecule has 1 aromatic heterocycles. The van der Waals surface area contributed by atoms with Gasteiger partial charge in [-0.05, 0) is 32.3 Å². The minimum atomic E-state index is -0.477. The molecule has 30 heavy (non-hydrogen) atoms. The fraction of sp³-hybridized carbons (Fsp3) is 0.522. The number of hydrogen-bond donors (Lipinski definition) is 0. The van der Waals surface area contributed by atoms with Crippen molar-refractivity contribution < 1.29 is 14.3 Å². The number of carbonyl (C=O) groups excluding carboxylic acids is 2. The molecule has 6 nitrogen and oxygen atoms in total. The molecule has 2 amide bonds. The Labute approximate surface area is 181 Å². The second-order valence-electron chi connectivity index (χ2n) is 8.82. The van der Waals surface area contributed by atoms with Crippen molar-refractivity contribution in [2.75, 3.05) is 24.5 Å². The monoisotopic (exact) mass is 427 g/mol. The van der Waals surface area contributed by atoms with Crippen LogP contribution in [-0.2, 0) is 9.53 Å². The SMILES string of the molecule is CCCCC(C)(C)OC(=O)N1C[C@H]2CN(c3ncc(-c4ccccc4)s3)C(=O)[C@H]2C1. The second-order valence-corrected chi connectivity index (χ2v) is 9.83. The summed E-state index contributed by atoms with van der Waals surface area (Å²) in [6, 6.07) is 10.1. The number of unbranched alkanes of at least 4 members (excludes halogenated alkanes) is 1. The molecular weight excluding hydrogens is 398 g/mol. The first-order valence-electron chi connectivity index (χ1n) is 10.7. The number of rotatable bonds is 6. The summed E-state index contributed by atoms with van der Waals surface area (Å²) in [5.74, 6) is 0.0303. The molecule has 0 N–H and O–H groups in total. The van der Waals surface area contributed by atoms with Gasteiger partial charge in [0.05, 0.1) is 10.8 Å². The van der Waals surface area contributed by atoms with Crippen molar-refractivity contribution >= 4 is 28.5 Å². The third kappa shape index (κ3) is 4.21. The lowest BCUT2D eigenvalue weighted by Crippen LogP contribution is -2.39. The maximum atomic E-state index is 13.0. The van der Waals surface area contributed by atoms with E-state index in [9.17, 15) is 9.59 Å². The summed E-state index contributed by atoms with van der Waals surface area (Å²) < 4.78 is 5.74. The molecule has 3 heterocycles. The molecule has 160 valence electrons. The van der Waals surface area contributed by atoms with Gasteiger partial charge in [0, 0.05) is 31.7 Å². The first-order chi connectivity index (χ1) is 14.4. The van der Waals surface area contributed by atoms with Gasteiger partial charge in [0.2, 0.25) is 5.91 Å². The number of likely N-dealkylation sites (tertiary alicyclic amines) is 1. The third-order valence-electron chi connectivity index (χ3n) is 5.98. The molecule has 0 unspecified atom stereocenters. The summed E-state index contributed by atoms with van der Waals surface area (Å²) in [6.07, 6.45) is 4.47. The van der Waals surface area contributed by atoms with Gasteiger partial charge in [0.15, 0.2) is 5.13 Å². The topological polar surface area (TPSA) is 62.7 Å². The van der Waals surface area contributed by atoms with E-state index in [0.29, 0.717) is 19.6 Å². The van der Waals surface area contributed by atoms with E-state index in [0.717, 1.165) is 34.8 Å². The highest BCUT2D eigenvalue weighted by molar-refractivity contribution is 7.19. The molecule has 2 aromatic rings. The summed E-state index contributed by atoms with van der Waals surface area (Å²) >= 11 is 1.54. The van der Waals surface area contributed by atoms with Crippen LogP contribution in [0.25, 0.3) is 10.4 Å². The zero-order chi connectivity index (χ0) is 21.3. The largest absolute Gasteiger partial charge is 0.443 e. The number of carbonyl (C=O) groups is 2. The van der Waals surface area contributed by atoms with Crippen LogP contribution in [-0.4, -0.2) is 47.1 Å². The Balaban J connectivity index is 1.38. The van der Waals surface area contributed by atoms with Crippen molar-refractivity contribution in [2.24, 2.45) is 11.8 Å². The van der Waals surface area contributed by atoms with Crippen molar-refractivity contribution in [1.82, 2.24) is 9.88 Å². The molecule has 7 heteroatoms. The first-order valence-corrected chi connectivity index (χ1v) is 11.5. The summed E-state index contributed by atoms with van der Waals surface area (Å²) in [5, 5.41) is 0.739. The third-order valence-corrected chi connectivity index (χ3v) is 7.05. The van der Waals surface area contributed by atoms with Gasteiger partial charge in [0.1, 0.15) is 5.60 Å². The van der Waals surface area contributed by atoms with E-state index in [1.165, 1.54) is 11.3 Å². The molecule has 2 fully saturated rings. The van der Waals surface area contributed by atoms with Gasteiger partial charge >= 0.3 is 6.09 Å². The maximum absolute atomic E-state index is 13.0. The van der Waals surface area contributed by atoms with Gasteiger partial charge in [0.25, 0.3) is 0 Å². The highest BCUT2D eigenvalue weighted by Gasteiger charge is 2.49. The second kappa shape index (κ2) is 8.38. The van der Waals surface area contributed by atoms with Crippen LogP contribution in [0.1, 0.15) is 40.0 Å². The smallest absolute Gasteiger partial charge is 0.410 e. The van der Waals surface area contributed by atoms with Crippen LogP contribution in [0.3, 0.4) is 0 Å². The Morgan fingerprint density at radius 2 is 2.00 bits per heavy atom. The maximum Gasteiger partial charge on any atom is 0.410 e. The number of amides is 2. The number of hydrogen-bond acceptors (Lipinski definition) is 5. The Morgan fingerprint density at radius 1 is 1.23 bits per heavy atom. The molecule has 0 aliphatic carbocycles. The van der Waals surface area contributed by atoms with Crippen LogP contribution in [0.15, 0.2) is 36.5 Å². The van der Waals surface area contributed by atoms with Crippen molar-refractivity contribution in [3.63, 3.8) is 0 Å². The predicted octanol–water partition coefficient (Wildman–Crippen LogP) is 4.81. The first kappa shape index (κ1) is 20.8. The van der Waals surface area contributed by atoms with Gasteiger partial charge in [-0.1, -0.05) is 55.0 Å². The summed E-state index contributed by atoms with van der Waals surface area (Å²) in [6.45, 7) is 7.64. The molecule has 1 aromatic carbocycles. The predicted molar refractivity (Wildman–Crippen MR) is 119 cm³/mol. The van der Waals surface area contributed by atoms with E-state index in [1.54, 1.807) is 9.80 Å². The molecular formula is C23H29N3O3S. The molecule has 0 spiro atoms. The lowest BCUT2D eigenvalue weighted by Gasteiger charge is -2.28. The highest BCUT2D eigenvalue weighted by atomic mass is 32.1. The molecule has 2 saturated heterocycles. The van der Waals surface area contributed by atoms with E-state index < -0.39 is 5.60 Å². The molecule has 2 atom stereocenters. The minimum absolute atomic E-state index is 0.0644. The summed E-state index contributed by atoms with van der Waals surface area (Å²) in [5.41, 5.74) is 0.628. The van der Waals surface area contributed by atoms with Gasteiger partial charge < -0.3 is 9.64 Å². The molecule has 0 bridgehead atoms. The molecule has 2 aliphatic rings. The molecule has 0 saturated carbocycles. The zero-order valence-electron chi connectivity index (χ0n) is 17.8. The number of thiazole rings is 1. The lowest BCUT2D eigenvalue weighted by atomic mass is 10.0. The zero-order valence-corrected chi connectivity index (χ0v) is 18.7. The Kier molecular flexibility index (Phi) is 5.82. The average Bonchev–Trinajstić information content (AvgIpc) is 3.43. The Bertz CT molecular complexity index is 911. The van der Waals surface area contributed by atoms with E-state index in [4.69, 9.17) is 4.74 Å². The normalized spacial score (nSPS) is 21.2. The van der Waals surface area contributed by atoms with Crippen LogP contribution in [0.5, 0.6) is 0 Å². The van der Waals surface area contributed by atoms with Crippen LogP contribution >= 0.6 is 11.3 Å². The highest BCUT2D eigenvalue weighted by Crippen LogP contribution is 2.39. The fourth-order valence-corrected chi connectivity index (χ4v) is 5.20.